The smallest absolute Gasteiger partial charge is 0.227 e. The lowest BCUT2D eigenvalue weighted by molar-refractivity contribution is -0.254. The molecule has 0 saturated carbocycles. The highest BCUT2D eigenvalue weighted by atomic mass is 32.1. The van der Waals surface area contributed by atoms with Gasteiger partial charge in [-0.25, -0.2) is 4.98 Å². The second-order valence-corrected chi connectivity index (χ2v) is 7.03. The van der Waals surface area contributed by atoms with E-state index >= 15 is 0 Å². The van der Waals surface area contributed by atoms with Crippen molar-refractivity contribution in [2.24, 2.45) is 0 Å². The maximum absolute atomic E-state index is 12.1. The predicted octanol–water partition coefficient (Wildman–Crippen LogP) is 1.86. The van der Waals surface area contributed by atoms with E-state index in [0.717, 1.165) is 29.7 Å². The minimum Gasteiger partial charge on any atom is -0.544 e. The molecule has 1 amide bonds. The van der Waals surface area contributed by atoms with Crippen LogP contribution in [0.3, 0.4) is 0 Å². The van der Waals surface area contributed by atoms with Crippen LogP contribution in [0, 0.1) is 6.92 Å². The first-order chi connectivity index (χ1) is 12.9. The third-order valence-electron chi connectivity index (χ3n) is 3.81. The Balaban J connectivity index is 1.92. The number of nitrogens with one attached hydrogen (secondary N) is 1. The van der Waals surface area contributed by atoms with Crippen LogP contribution in [0.1, 0.15) is 45.7 Å². The van der Waals surface area contributed by atoms with Crippen molar-refractivity contribution in [1.29, 1.82) is 0 Å². The molecule has 0 spiro atoms. The summed E-state index contributed by atoms with van der Waals surface area (Å²) in [5, 5.41) is 14.2. The van der Waals surface area contributed by atoms with Gasteiger partial charge in [0.05, 0.1) is 36.7 Å². The Labute approximate surface area is 162 Å². The van der Waals surface area contributed by atoms with Crippen LogP contribution in [-0.2, 0) is 17.8 Å². The molecule has 0 unspecified atom stereocenters. The normalized spacial score (nSPS) is 10.5. The number of nitrogens with zero attached hydrogens (tertiary/aromatic N) is 1. The van der Waals surface area contributed by atoms with Gasteiger partial charge in [-0.1, -0.05) is 19.4 Å². The van der Waals surface area contributed by atoms with Crippen LogP contribution in [0.25, 0.3) is 0 Å². The van der Waals surface area contributed by atoms with Crippen molar-refractivity contribution in [1.82, 2.24) is 10.3 Å². The minimum absolute atomic E-state index is 0.0220. The standard InChI is InChI=1S/C19H24N2O5S/c1-4-5-8-26-14-7-6-13(9-15(14)25-3)11-20-16(22)10-17-21-12(2)18(27-17)19(23)24/h6-7,9H,4-5,8,10-11H2,1-3H3,(H,20,22)(H,23,24)/p-1. The summed E-state index contributed by atoms with van der Waals surface area (Å²) in [6, 6.07) is 5.52. The van der Waals surface area contributed by atoms with Crippen molar-refractivity contribution in [2.45, 2.75) is 39.7 Å². The summed E-state index contributed by atoms with van der Waals surface area (Å²) in [6.07, 6.45) is 2.04. The molecule has 1 aromatic heterocycles. The molecule has 2 rings (SSSR count). The first kappa shape index (κ1) is 20.7. The molecular formula is C19H23N2O5S-. The van der Waals surface area contributed by atoms with Gasteiger partial charge < -0.3 is 24.7 Å². The van der Waals surface area contributed by atoms with E-state index in [1.165, 1.54) is 0 Å². The molecule has 0 saturated heterocycles. The molecule has 0 radical (unpaired) electrons. The zero-order chi connectivity index (χ0) is 19.8. The summed E-state index contributed by atoms with van der Waals surface area (Å²) in [5.41, 5.74) is 1.24. The van der Waals surface area contributed by atoms with E-state index in [1.54, 1.807) is 14.0 Å². The number of hydrogen-bond acceptors (Lipinski definition) is 7. The highest BCUT2D eigenvalue weighted by molar-refractivity contribution is 7.13. The Hall–Kier alpha value is -2.61. The van der Waals surface area contributed by atoms with E-state index in [0.29, 0.717) is 35.4 Å². The van der Waals surface area contributed by atoms with Gasteiger partial charge in [-0.3, -0.25) is 4.79 Å². The number of aromatic nitrogens is 1. The lowest BCUT2D eigenvalue weighted by Crippen LogP contribution is -2.24. The van der Waals surface area contributed by atoms with E-state index in [2.05, 4.69) is 17.2 Å². The minimum atomic E-state index is -1.27. The fraction of sp³-hybridized carbons (Fsp3) is 0.421. The van der Waals surface area contributed by atoms with Crippen LogP contribution in [0.5, 0.6) is 11.5 Å². The van der Waals surface area contributed by atoms with E-state index in [4.69, 9.17) is 9.47 Å². The number of thiazole rings is 1. The number of aromatic carboxylic acids is 1. The Morgan fingerprint density at radius 3 is 2.70 bits per heavy atom. The van der Waals surface area contributed by atoms with Crippen LogP contribution in [0.15, 0.2) is 18.2 Å². The van der Waals surface area contributed by atoms with Gasteiger partial charge in [-0.05, 0) is 31.0 Å². The van der Waals surface area contributed by atoms with Gasteiger partial charge >= 0.3 is 0 Å². The molecule has 27 heavy (non-hydrogen) atoms. The van der Waals surface area contributed by atoms with Crippen LogP contribution < -0.4 is 19.9 Å². The maximum atomic E-state index is 12.1. The number of ether oxygens (including phenoxy) is 2. The van der Waals surface area contributed by atoms with Crippen LogP contribution >= 0.6 is 11.3 Å². The Bertz CT molecular complexity index is 803. The van der Waals surface area contributed by atoms with Crippen LogP contribution in [0.2, 0.25) is 0 Å². The molecular weight excluding hydrogens is 368 g/mol. The van der Waals surface area contributed by atoms with Crippen molar-refractivity contribution >= 4 is 23.2 Å². The zero-order valence-corrected chi connectivity index (χ0v) is 16.5. The van der Waals surface area contributed by atoms with Crippen molar-refractivity contribution in [3.05, 3.63) is 39.3 Å². The quantitative estimate of drug-likeness (QED) is 0.621. The second kappa shape index (κ2) is 9.91. The fourth-order valence-electron chi connectivity index (χ4n) is 2.39. The van der Waals surface area contributed by atoms with Gasteiger partial charge in [0.1, 0.15) is 5.01 Å². The lowest BCUT2D eigenvalue weighted by atomic mass is 10.2. The molecule has 8 heteroatoms. The summed E-state index contributed by atoms with van der Waals surface area (Å²) in [4.78, 5) is 27.2. The summed E-state index contributed by atoms with van der Waals surface area (Å²) >= 11 is 0.964. The van der Waals surface area contributed by atoms with E-state index in [9.17, 15) is 14.7 Å². The van der Waals surface area contributed by atoms with Crippen molar-refractivity contribution in [2.75, 3.05) is 13.7 Å². The van der Waals surface area contributed by atoms with Crippen molar-refractivity contribution < 1.29 is 24.2 Å². The topological polar surface area (TPSA) is 101 Å². The van der Waals surface area contributed by atoms with Gasteiger partial charge in [0.25, 0.3) is 0 Å². The molecule has 7 nitrogen and oxygen atoms in total. The summed E-state index contributed by atoms with van der Waals surface area (Å²) < 4.78 is 11.0. The first-order valence-electron chi connectivity index (χ1n) is 8.68. The van der Waals surface area contributed by atoms with Gasteiger partial charge in [0.2, 0.25) is 5.91 Å². The van der Waals surface area contributed by atoms with E-state index < -0.39 is 5.97 Å². The summed E-state index contributed by atoms with van der Waals surface area (Å²) in [7, 11) is 1.57. The molecule has 0 aliphatic rings. The number of carbonyl (C=O) groups excluding carboxylic acids is 2. The van der Waals surface area contributed by atoms with E-state index in [1.807, 2.05) is 18.2 Å². The summed E-state index contributed by atoms with van der Waals surface area (Å²) in [5.74, 6) is -0.220. The van der Waals surface area contributed by atoms with Crippen LogP contribution in [-0.4, -0.2) is 30.6 Å². The number of methoxy groups -OCH3 is 1. The molecule has 0 aliphatic heterocycles. The maximum Gasteiger partial charge on any atom is 0.227 e. The molecule has 0 aliphatic carbocycles. The van der Waals surface area contributed by atoms with Gasteiger partial charge in [-0.15, -0.1) is 11.3 Å². The number of benzene rings is 1. The number of carbonyl (C=O) groups is 2. The number of carboxylic acid groups (broad SMARTS) is 1. The number of carboxylic acids is 1. The van der Waals surface area contributed by atoms with Gasteiger partial charge in [0, 0.05) is 6.54 Å². The second-order valence-electron chi connectivity index (χ2n) is 5.95. The monoisotopic (exact) mass is 391 g/mol. The largest absolute Gasteiger partial charge is 0.544 e. The molecule has 146 valence electrons. The molecule has 0 fully saturated rings. The zero-order valence-electron chi connectivity index (χ0n) is 15.7. The fourth-order valence-corrected chi connectivity index (χ4v) is 3.28. The highest BCUT2D eigenvalue weighted by Gasteiger charge is 2.12. The average Bonchev–Trinajstić information content (AvgIpc) is 3.01. The van der Waals surface area contributed by atoms with Gasteiger partial charge in [0.15, 0.2) is 11.5 Å². The summed E-state index contributed by atoms with van der Waals surface area (Å²) in [6.45, 7) is 4.63. The molecule has 0 bridgehead atoms. The third kappa shape index (κ3) is 5.96. The molecule has 2 aromatic rings. The number of hydrogen-bond donors (Lipinski definition) is 1. The highest BCUT2D eigenvalue weighted by Crippen LogP contribution is 2.28. The Morgan fingerprint density at radius 2 is 2.07 bits per heavy atom. The number of amides is 1. The third-order valence-corrected chi connectivity index (χ3v) is 4.95. The number of aryl methyl sites for hydroxylation is 1. The number of unbranched alkanes of at least 4 members (excludes halogenated alkanes) is 1. The van der Waals surface area contributed by atoms with E-state index in [-0.39, 0.29) is 17.2 Å². The Kier molecular flexibility index (Phi) is 7.60. The Morgan fingerprint density at radius 1 is 1.30 bits per heavy atom. The SMILES string of the molecule is CCCCOc1ccc(CNC(=O)Cc2nc(C)c(C(=O)[O-])s2)cc1OC. The van der Waals surface area contributed by atoms with Crippen molar-refractivity contribution in [3.63, 3.8) is 0 Å². The molecule has 1 aromatic carbocycles. The molecule has 1 heterocycles. The first-order valence-corrected chi connectivity index (χ1v) is 9.50. The van der Waals surface area contributed by atoms with Crippen LogP contribution in [0.4, 0.5) is 0 Å². The molecule has 1 N–H and O–H groups in total. The number of rotatable bonds is 10. The van der Waals surface area contributed by atoms with Crippen molar-refractivity contribution in [3.8, 4) is 11.5 Å². The average molecular weight is 391 g/mol. The predicted molar refractivity (Wildman–Crippen MR) is 100 cm³/mol. The lowest BCUT2D eigenvalue weighted by Gasteiger charge is -2.12. The van der Waals surface area contributed by atoms with Gasteiger partial charge in [-0.2, -0.15) is 0 Å². The molecule has 0 atom stereocenters.